The topological polar surface area (TPSA) is 95.5 Å². The highest BCUT2D eigenvalue weighted by Gasteiger charge is 2.31. The summed E-state index contributed by atoms with van der Waals surface area (Å²) in [5, 5.41) is 15.7. The van der Waals surface area contributed by atoms with Gasteiger partial charge in [0.1, 0.15) is 11.2 Å². The van der Waals surface area contributed by atoms with Crippen molar-refractivity contribution in [2.45, 2.75) is 45.1 Å². The number of carboxylic acid groups (broad SMARTS) is 1. The molecule has 1 aliphatic rings. The molecule has 1 unspecified atom stereocenters. The molecule has 7 heteroatoms. The van der Waals surface area contributed by atoms with Crippen LogP contribution < -0.4 is 0 Å². The number of carbonyl (C=O) groups is 2. The van der Waals surface area contributed by atoms with Gasteiger partial charge in [0.15, 0.2) is 0 Å². The highest BCUT2D eigenvalue weighted by Crippen LogP contribution is 2.28. The van der Waals surface area contributed by atoms with Crippen molar-refractivity contribution in [3.8, 4) is 0 Å². The number of aromatic nitrogens is 2. The van der Waals surface area contributed by atoms with Gasteiger partial charge in [0, 0.05) is 19.0 Å². The van der Waals surface area contributed by atoms with E-state index in [1.165, 1.54) is 6.20 Å². The van der Waals surface area contributed by atoms with Crippen LogP contribution in [0.3, 0.4) is 0 Å². The SMILES string of the molecule is CC(C)(C)OC(=O)N1CCCC(c2[nH]ncc2C(=O)O)C1. The average Bonchev–Trinajstić information content (AvgIpc) is 2.86. The zero-order valence-corrected chi connectivity index (χ0v) is 12.5. The number of rotatable bonds is 2. The summed E-state index contributed by atoms with van der Waals surface area (Å²) in [7, 11) is 0. The van der Waals surface area contributed by atoms with Crippen molar-refractivity contribution >= 4 is 12.1 Å². The summed E-state index contributed by atoms with van der Waals surface area (Å²) in [6, 6.07) is 0. The van der Waals surface area contributed by atoms with Crippen LogP contribution in [0.2, 0.25) is 0 Å². The van der Waals surface area contributed by atoms with Gasteiger partial charge in [-0.05, 0) is 33.6 Å². The third-order valence-corrected chi connectivity index (χ3v) is 3.38. The van der Waals surface area contributed by atoms with Crippen LogP contribution >= 0.6 is 0 Å². The molecule has 7 nitrogen and oxygen atoms in total. The van der Waals surface area contributed by atoms with E-state index in [1.54, 1.807) is 4.90 Å². The highest BCUT2D eigenvalue weighted by molar-refractivity contribution is 5.88. The number of hydrogen-bond donors (Lipinski definition) is 2. The Kier molecular flexibility index (Phi) is 4.20. The Morgan fingerprint density at radius 3 is 2.81 bits per heavy atom. The summed E-state index contributed by atoms with van der Waals surface area (Å²) in [5.41, 5.74) is 0.214. The Bertz CT molecular complexity index is 533. The number of carbonyl (C=O) groups excluding carboxylic acids is 1. The zero-order valence-electron chi connectivity index (χ0n) is 12.5. The molecule has 2 rings (SSSR count). The molecule has 2 heterocycles. The lowest BCUT2D eigenvalue weighted by Crippen LogP contribution is -2.42. The van der Waals surface area contributed by atoms with Crippen LogP contribution in [0.25, 0.3) is 0 Å². The standard InChI is InChI=1S/C14H21N3O4/c1-14(2,3)21-13(20)17-6-4-5-9(8-17)11-10(12(18)19)7-15-16-11/h7,9H,4-6,8H2,1-3H3,(H,15,16)(H,18,19). The van der Waals surface area contributed by atoms with Gasteiger partial charge in [-0.1, -0.05) is 0 Å². The van der Waals surface area contributed by atoms with E-state index in [0.29, 0.717) is 18.8 Å². The number of carboxylic acids is 1. The van der Waals surface area contributed by atoms with Crippen molar-refractivity contribution < 1.29 is 19.4 Å². The van der Waals surface area contributed by atoms with E-state index in [9.17, 15) is 9.59 Å². The second kappa shape index (κ2) is 5.75. The Hall–Kier alpha value is -2.05. The lowest BCUT2D eigenvalue weighted by Gasteiger charge is -2.33. The molecule has 116 valence electrons. The molecule has 1 amide bonds. The number of nitrogens with zero attached hydrogens (tertiary/aromatic N) is 2. The number of amides is 1. The van der Waals surface area contributed by atoms with Crippen LogP contribution in [-0.4, -0.2) is 51.0 Å². The molecule has 1 aliphatic heterocycles. The van der Waals surface area contributed by atoms with E-state index < -0.39 is 11.6 Å². The fourth-order valence-corrected chi connectivity index (χ4v) is 2.48. The molecule has 21 heavy (non-hydrogen) atoms. The molecule has 0 bridgehead atoms. The minimum absolute atomic E-state index is 0.0557. The Morgan fingerprint density at radius 2 is 2.19 bits per heavy atom. The van der Waals surface area contributed by atoms with E-state index in [2.05, 4.69) is 10.2 Å². The quantitative estimate of drug-likeness (QED) is 0.872. The third kappa shape index (κ3) is 3.74. The van der Waals surface area contributed by atoms with Crippen molar-refractivity contribution in [2.24, 2.45) is 0 Å². The van der Waals surface area contributed by atoms with E-state index in [4.69, 9.17) is 9.84 Å². The number of piperidine rings is 1. The summed E-state index contributed by atoms with van der Waals surface area (Å²) in [4.78, 5) is 24.9. The van der Waals surface area contributed by atoms with Gasteiger partial charge in [-0.2, -0.15) is 5.10 Å². The lowest BCUT2D eigenvalue weighted by atomic mass is 9.93. The summed E-state index contributed by atoms with van der Waals surface area (Å²) in [5.74, 6) is -1.06. The minimum atomic E-state index is -1.01. The van der Waals surface area contributed by atoms with Crippen LogP contribution in [0, 0.1) is 0 Å². The average molecular weight is 295 g/mol. The first-order valence-electron chi connectivity index (χ1n) is 7.02. The molecule has 1 fully saturated rings. The molecule has 0 saturated carbocycles. The number of nitrogens with one attached hydrogen (secondary N) is 1. The number of ether oxygens (including phenoxy) is 1. The first-order chi connectivity index (χ1) is 9.78. The molecule has 1 atom stereocenters. The molecule has 0 radical (unpaired) electrons. The van der Waals surface area contributed by atoms with E-state index in [0.717, 1.165) is 12.8 Å². The van der Waals surface area contributed by atoms with E-state index in [1.807, 2.05) is 20.8 Å². The van der Waals surface area contributed by atoms with Crippen LogP contribution in [-0.2, 0) is 4.74 Å². The van der Waals surface area contributed by atoms with Crippen LogP contribution in [0.15, 0.2) is 6.20 Å². The fourth-order valence-electron chi connectivity index (χ4n) is 2.48. The molecule has 2 N–H and O–H groups in total. The molecular formula is C14H21N3O4. The summed E-state index contributed by atoms with van der Waals surface area (Å²) in [6.45, 7) is 6.54. The molecule has 1 aromatic rings. The maximum Gasteiger partial charge on any atom is 0.410 e. The largest absolute Gasteiger partial charge is 0.478 e. The lowest BCUT2D eigenvalue weighted by molar-refractivity contribution is 0.0197. The smallest absolute Gasteiger partial charge is 0.410 e. The van der Waals surface area contributed by atoms with Gasteiger partial charge in [0.05, 0.1) is 11.9 Å². The predicted molar refractivity (Wildman–Crippen MR) is 75.3 cm³/mol. The van der Waals surface area contributed by atoms with Crippen molar-refractivity contribution in [1.82, 2.24) is 15.1 Å². The van der Waals surface area contributed by atoms with Crippen molar-refractivity contribution in [3.05, 3.63) is 17.5 Å². The normalized spacial score (nSPS) is 19.4. The van der Waals surface area contributed by atoms with Crippen LogP contribution in [0.5, 0.6) is 0 Å². The molecule has 0 spiro atoms. The first kappa shape index (κ1) is 15.3. The third-order valence-electron chi connectivity index (χ3n) is 3.38. The fraction of sp³-hybridized carbons (Fsp3) is 0.643. The van der Waals surface area contributed by atoms with Gasteiger partial charge in [0.2, 0.25) is 0 Å². The van der Waals surface area contributed by atoms with Crippen LogP contribution in [0.4, 0.5) is 4.79 Å². The summed E-state index contributed by atoms with van der Waals surface area (Å²) < 4.78 is 5.37. The molecule has 0 aliphatic carbocycles. The van der Waals surface area contributed by atoms with Gasteiger partial charge >= 0.3 is 12.1 Å². The number of hydrogen-bond acceptors (Lipinski definition) is 4. The Labute approximate surface area is 123 Å². The molecule has 1 aromatic heterocycles. The molecule has 1 saturated heterocycles. The Balaban J connectivity index is 2.09. The predicted octanol–water partition coefficient (Wildman–Crippen LogP) is 2.22. The first-order valence-corrected chi connectivity index (χ1v) is 7.02. The number of likely N-dealkylation sites (tertiary alicyclic amines) is 1. The van der Waals surface area contributed by atoms with Gasteiger partial charge in [-0.3, -0.25) is 5.10 Å². The highest BCUT2D eigenvalue weighted by atomic mass is 16.6. The Morgan fingerprint density at radius 1 is 1.48 bits per heavy atom. The van der Waals surface area contributed by atoms with Crippen molar-refractivity contribution in [1.29, 1.82) is 0 Å². The van der Waals surface area contributed by atoms with E-state index in [-0.39, 0.29) is 17.6 Å². The summed E-state index contributed by atoms with van der Waals surface area (Å²) >= 11 is 0. The van der Waals surface area contributed by atoms with Gasteiger partial charge in [-0.25, -0.2) is 9.59 Å². The maximum absolute atomic E-state index is 12.1. The molecular weight excluding hydrogens is 274 g/mol. The number of aromatic amines is 1. The van der Waals surface area contributed by atoms with Gasteiger partial charge in [0.25, 0.3) is 0 Å². The van der Waals surface area contributed by atoms with Crippen molar-refractivity contribution in [2.75, 3.05) is 13.1 Å². The molecule has 0 aromatic carbocycles. The second-order valence-corrected chi connectivity index (χ2v) is 6.27. The van der Waals surface area contributed by atoms with E-state index >= 15 is 0 Å². The minimum Gasteiger partial charge on any atom is -0.478 e. The zero-order chi connectivity index (χ0) is 15.6. The number of H-pyrrole nitrogens is 1. The maximum atomic E-state index is 12.1. The monoisotopic (exact) mass is 295 g/mol. The summed E-state index contributed by atoms with van der Waals surface area (Å²) in [6.07, 6.45) is 2.58. The second-order valence-electron chi connectivity index (χ2n) is 6.27. The number of aromatic carboxylic acids is 1. The van der Waals surface area contributed by atoms with Gasteiger partial charge < -0.3 is 14.7 Å². The van der Waals surface area contributed by atoms with Crippen LogP contribution in [0.1, 0.15) is 55.6 Å². The van der Waals surface area contributed by atoms with Gasteiger partial charge in [-0.15, -0.1) is 0 Å². The van der Waals surface area contributed by atoms with Crippen molar-refractivity contribution in [3.63, 3.8) is 0 Å².